The van der Waals surface area contributed by atoms with Gasteiger partial charge >= 0.3 is 0 Å². The Hall–Kier alpha value is -3.11. The molecule has 2 heterocycles. The number of hydrogen-bond acceptors (Lipinski definition) is 3. The lowest BCUT2D eigenvalue weighted by Crippen LogP contribution is -2.29. The van der Waals surface area contributed by atoms with E-state index in [-0.39, 0.29) is 12.0 Å². The molecule has 3 aliphatic rings. The lowest BCUT2D eigenvalue weighted by molar-refractivity contribution is -0.367. The van der Waals surface area contributed by atoms with Crippen LogP contribution in [0.2, 0.25) is 0 Å². The van der Waals surface area contributed by atoms with Crippen molar-refractivity contribution in [2.75, 3.05) is 31.1 Å². The molecule has 1 aromatic rings. The molecule has 4 rings (SSSR count). The van der Waals surface area contributed by atoms with Crippen molar-refractivity contribution in [1.29, 1.82) is 0 Å². The van der Waals surface area contributed by atoms with Crippen molar-refractivity contribution in [3.8, 4) is 11.3 Å². The second kappa shape index (κ2) is 10.7. The molecule has 184 valence electrons. The van der Waals surface area contributed by atoms with Crippen LogP contribution in [0.25, 0.3) is 17.4 Å². The van der Waals surface area contributed by atoms with E-state index in [1.165, 1.54) is 22.3 Å². The molecule has 0 saturated heterocycles. The van der Waals surface area contributed by atoms with Gasteiger partial charge in [-0.15, -0.1) is 6.61 Å². The number of hydrogen-bond donors (Lipinski definition) is 0. The molecule has 0 amide bonds. The molecule has 0 unspecified atom stereocenters. The van der Waals surface area contributed by atoms with E-state index in [1.807, 2.05) is 0 Å². The Labute approximate surface area is 209 Å². The average Bonchev–Trinajstić information content (AvgIpc) is 3.19. The fraction of sp³-hybridized carbons (Fsp3) is 0.387. The average molecular weight is 471 g/mol. The second-order valence-corrected chi connectivity index (χ2v) is 10.2. The first-order chi connectivity index (χ1) is 16.9. The molecule has 0 spiro atoms. The minimum atomic E-state index is -0.0946. The van der Waals surface area contributed by atoms with E-state index in [1.54, 1.807) is 0 Å². The highest BCUT2D eigenvalue weighted by atomic mass is 16.3. The quantitative estimate of drug-likeness (QED) is 0.446. The summed E-state index contributed by atoms with van der Waals surface area (Å²) in [5, 5.41) is 12.4. The van der Waals surface area contributed by atoms with Crippen LogP contribution in [0.1, 0.15) is 57.9 Å². The minimum Gasteiger partial charge on any atom is -0.854 e. The predicted octanol–water partition coefficient (Wildman–Crippen LogP) is 5.20. The molecule has 0 fully saturated rings. The van der Waals surface area contributed by atoms with Gasteiger partial charge in [-0.1, -0.05) is 57.5 Å². The maximum absolute atomic E-state index is 11.2. The van der Waals surface area contributed by atoms with Crippen LogP contribution in [0.15, 0.2) is 70.8 Å². The summed E-state index contributed by atoms with van der Waals surface area (Å²) in [6.07, 6.45) is 8.06. The van der Waals surface area contributed by atoms with Crippen molar-refractivity contribution in [2.24, 2.45) is 0 Å². The van der Waals surface area contributed by atoms with E-state index >= 15 is 0 Å². The smallest absolute Gasteiger partial charge is 0.203 e. The number of para-hydroxylation sites is 1. The summed E-state index contributed by atoms with van der Waals surface area (Å²) in [6, 6.07) is 17.2. The predicted molar refractivity (Wildman–Crippen MR) is 144 cm³/mol. The zero-order valence-corrected chi connectivity index (χ0v) is 21.8. The van der Waals surface area contributed by atoms with Crippen molar-refractivity contribution in [3.63, 3.8) is 0 Å². The molecule has 2 aliphatic heterocycles. The molecular formula is C31H38N2O2. The molecule has 1 aliphatic carbocycles. The molecule has 0 aromatic heterocycles. The van der Waals surface area contributed by atoms with E-state index < -0.39 is 0 Å². The molecule has 0 radical (unpaired) electrons. The molecule has 4 heteroatoms. The Balaban J connectivity index is 1.74. The highest BCUT2D eigenvalue weighted by Crippen LogP contribution is 2.35. The SMILES string of the molecule is CC[N+](CC)=c1ccc2c(/C=C/C=C3\Cc4ccccc4N3CCC[O-])cc(C(C)(C)C)oc-2c1. The second-order valence-electron chi connectivity index (χ2n) is 10.2. The first-order valence-electron chi connectivity index (χ1n) is 12.8. The molecule has 35 heavy (non-hydrogen) atoms. The Bertz CT molecular complexity index is 1270. The van der Waals surface area contributed by atoms with Crippen LogP contribution < -0.4 is 19.9 Å². The van der Waals surface area contributed by atoms with Crippen LogP contribution in [-0.4, -0.2) is 26.2 Å². The van der Waals surface area contributed by atoms with Crippen LogP contribution in [0.5, 0.6) is 0 Å². The van der Waals surface area contributed by atoms with E-state index in [0.717, 1.165) is 48.7 Å². The van der Waals surface area contributed by atoms with Gasteiger partial charge in [-0.05, 0) is 49.2 Å². The summed E-state index contributed by atoms with van der Waals surface area (Å²) in [5.74, 6) is 1.89. The summed E-state index contributed by atoms with van der Waals surface area (Å²) < 4.78 is 8.76. The van der Waals surface area contributed by atoms with Gasteiger partial charge in [0.15, 0.2) is 0 Å². The summed E-state index contributed by atoms with van der Waals surface area (Å²) in [6.45, 7) is 13.6. The first kappa shape index (κ1) is 25.0. The largest absolute Gasteiger partial charge is 0.854 e. The maximum Gasteiger partial charge on any atom is 0.203 e. The highest BCUT2D eigenvalue weighted by Gasteiger charge is 2.23. The molecular weight excluding hydrogens is 432 g/mol. The van der Waals surface area contributed by atoms with Crippen LogP contribution in [-0.2, 0) is 11.8 Å². The topological polar surface area (TPSA) is 42.5 Å². The third-order valence-corrected chi connectivity index (χ3v) is 6.74. The van der Waals surface area contributed by atoms with Crippen LogP contribution in [0.4, 0.5) is 5.69 Å². The van der Waals surface area contributed by atoms with Gasteiger partial charge in [-0.3, -0.25) is 0 Å². The van der Waals surface area contributed by atoms with Gasteiger partial charge in [0.25, 0.3) is 0 Å². The molecule has 0 bridgehead atoms. The zero-order chi connectivity index (χ0) is 25.0. The number of fused-ring (bicyclic) bond motifs is 2. The summed E-state index contributed by atoms with van der Waals surface area (Å²) in [4.78, 5) is 2.30. The summed E-state index contributed by atoms with van der Waals surface area (Å²) in [7, 11) is 0. The van der Waals surface area contributed by atoms with Gasteiger partial charge in [0, 0.05) is 41.4 Å². The standard InChI is InChI=1S/C31H38N2O2/c1-6-32(7-2)25-16-17-27-23(21-30(31(3,4)5)35-29(27)22-25)13-10-14-26-20-24-12-8-9-15-28(24)33(26)18-11-19-34/h8-10,12-17,21-22H,6-7,11,18-20H2,1-5H3. The van der Waals surface area contributed by atoms with Crippen molar-refractivity contribution < 1.29 is 9.52 Å². The van der Waals surface area contributed by atoms with Crippen molar-refractivity contribution in [3.05, 3.63) is 88.6 Å². The van der Waals surface area contributed by atoms with Crippen molar-refractivity contribution in [2.45, 2.75) is 52.9 Å². The van der Waals surface area contributed by atoms with Crippen molar-refractivity contribution >= 4 is 11.8 Å². The monoisotopic (exact) mass is 470 g/mol. The molecule has 0 atom stereocenters. The lowest BCUT2D eigenvalue weighted by atomic mass is 9.90. The number of rotatable bonds is 7. The Morgan fingerprint density at radius 1 is 1.06 bits per heavy atom. The van der Waals surface area contributed by atoms with Gasteiger partial charge in [0.05, 0.1) is 6.07 Å². The summed E-state index contributed by atoms with van der Waals surface area (Å²) >= 11 is 0. The lowest BCUT2D eigenvalue weighted by Gasteiger charge is -2.22. The van der Waals surface area contributed by atoms with Crippen molar-refractivity contribution in [1.82, 2.24) is 4.58 Å². The Morgan fingerprint density at radius 3 is 2.54 bits per heavy atom. The number of anilines is 1. The van der Waals surface area contributed by atoms with E-state index in [2.05, 4.69) is 111 Å². The third kappa shape index (κ3) is 5.43. The van der Waals surface area contributed by atoms with Crippen LogP contribution in [0.3, 0.4) is 0 Å². The molecule has 4 nitrogen and oxygen atoms in total. The fourth-order valence-electron chi connectivity index (χ4n) is 4.76. The van der Waals surface area contributed by atoms with Gasteiger partial charge in [-0.25, -0.2) is 4.58 Å². The maximum atomic E-state index is 11.2. The molecule has 0 saturated carbocycles. The number of allylic oxidation sites excluding steroid dienone is 3. The minimum absolute atomic E-state index is 0.0493. The molecule has 1 aromatic carbocycles. The zero-order valence-electron chi connectivity index (χ0n) is 21.8. The molecule has 0 N–H and O–H groups in total. The van der Waals surface area contributed by atoms with Gasteiger partial charge in [0.1, 0.15) is 24.6 Å². The third-order valence-electron chi connectivity index (χ3n) is 6.74. The van der Waals surface area contributed by atoms with E-state index in [9.17, 15) is 5.11 Å². The Morgan fingerprint density at radius 2 is 1.83 bits per heavy atom. The van der Waals surface area contributed by atoms with E-state index in [0.29, 0.717) is 6.42 Å². The fourth-order valence-corrected chi connectivity index (χ4v) is 4.76. The van der Waals surface area contributed by atoms with E-state index in [4.69, 9.17) is 4.42 Å². The van der Waals surface area contributed by atoms with Gasteiger partial charge in [-0.2, -0.15) is 0 Å². The van der Waals surface area contributed by atoms with Crippen LogP contribution in [0, 0.1) is 0 Å². The summed E-state index contributed by atoms with van der Waals surface area (Å²) in [5.41, 5.74) is 5.95. The first-order valence-corrected chi connectivity index (χ1v) is 12.8. The number of benzene rings is 2. The normalized spacial score (nSPS) is 14.9. The van der Waals surface area contributed by atoms with Gasteiger partial charge in [0.2, 0.25) is 5.36 Å². The Kier molecular flexibility index (Phi) is 7.61. The highest BCUT2D eigenvalue weighted by molar-refractivity contribution is 5.74. The number of nitrogens with zero attached hydrogens (tertiary/aromatic N) is 2. The van der Waals surface area contributed by atoms with Crippen LogP contribution >= 0.6 is 0 Å². The van der Waals surface area contributed by atoms with Gasteiger partial charge < -0.3 is 14.4 Å².